The van der Waals surface area contributed by atoms with Gasteiger partial charge in [0.2, 0.25) is 0 Å². The molecule has 0 fully saturated rings. The summed E-state index contributed by atoms with van der Waals surface area (Å²) in [6.45, 7) is 1.63. The smallest absolute Gasteiger partial charge is 0.268 e. The highest BCUT2D eigenvalue weighted by atomic mass is 32.2. The second-order valence-corrected chi connectivity index (χ2v) is 6.07. The predicted octanol–water partition coefficient (Wildman–Crippen LogP) is 3.31. The topological polar surface area (TPSA) is 101 Å². The van der Waals surface area contributed by atoms with Gasteiger partial charge in [0.15, 0.2) is 0 Å². The molecule has 2 rings (SSSR count). The zero-order valence-electron chi connectivity index (χ0n) is 11.9. The maximum Gasteiger partial charge on any atom is 0.268 e. The molecule has 7 nitrogen and oxygen atoms in total. The average Bonchev–Trinajstić information content (AvgIpc) is 2.49. The van der Waals surface area contributed by atoms with E-state index in [4.69, 9.17) is 4.74 Å². The normalized spacial score (nSPS) is 11.0. The van der Waals surface area contributed by atoms with E-state index in [1.165, 1.54) is 43.5 Å². The van der Waals surface area contributed by atoms with Crippen molar-refractivity contribution in [2.24, 2.45) is 0 Å². The molecule has 0 atom stereocenters. The van der Waals surface area contributed by atoms with Gasteiger partial charge >= 0.3 is 0 Å². The summed E-state index contributed by atoms with van der Waals surface area (Å²) in [6, 6.07) is 9.63. The molecule has 0 unspecified atom stereocenters. The third-order valence-corrected chi connectivity index (χ3v) is 4.28. The number of sulfonamides is 1. The Morgan fingerprint density at radius 1 is 1.14 bits per heavy atom. The molecule has 0 radical (unpaired) electrons. The Kier molecular flexibility index (Phi) is 4.32. The Balaban J connectivity index is 2.35. The molecule has 0 aliphatic rings. The number of benzene rings is 2. The van der Waals surface area contributed by atoms with E-state index in [1.807, 2.05) is 0 Å². The number of aryl methyl sites for hydroxylation is 1. The van der Waals surface area contributed by atoms with Crippen LogP contribution in [-0.2, 0) is 10.0 Å². The van der Waals surface area contributed by atoms with E-state index in [2.05, 4.69) is 4.72 Å². The molecule has 116 valence electrons. The van der Waals surface area contributed by atoms with Crippen molar-refractivity contribution in [1.82, 2.24) is 0 Å². The van der Waals surface area contributed by atoms with Gasteiger partial charge in [-0.2, -0.15) is 0 Å². The molecular weight excluding hydrogens is 308 g/mol. The lowest BCUT2D eigenvalue weighted by Gasteiger charge is -2.23. The third-order valence-electron chi connectivity index (χ3n) is 2.98. The minimum Gasteiger partial charge on any atom is -0.572 e. The van der Waals surface area contributed by atoms with Gasteiger partial charge in [-0.1, -0.05) is 11.6 Å². The lowest BCUT2D eigenvalue weighted by molar-refractivity contribution is -0.384. The second kappa shape index (κ2) is 6.02. The van der Waals surface area contributed by atoms with Crippen LogP contribution in [0.25, 0.3) is 4.72 Å². The highest BCUT2D eigenvalue weighted by molar-refractivity contribution is 7.94. The van der Waals surface area contributed by atoms with Crippen LogP contribution in [0.1, 0.15) is 5.56 Å². The molecule has 0 N–H and O–H groups in total. The molecule has 2 aromatic rings. The molecule has 0 saturated heterocycles. The number of hydrogen-bond donors (Lipinski definition) is 0. The fraction of sp³-hybridized carbons (Fsp3) is 0.143. The maximum absolute atomic E-state index is 12.3. The molecule has 0 aromatic heterocycles. The van der Waals surface area contributed by atoms with E-state index in [9.17, 15) is 18.5 Å². The quantitative estimate of drug-likeness (QED) is 0.621. The first-order valence-electron chi connectivity index (χ1n) is 6.20. The molecule has 22 heavy (non-hydrogen) atoms. The number of rotatable bonds is 5. The number of non-ortho nitro benzene ring substituents is 1. The van der Waals surface area contributed by atoms with Gasteiger partial charge in [0.25, 0.3) is 5.69 Å². The van der Waals surface area contributed by atoms with Crippen LogP contribution in [0.2, 0.25) is 0 Å². The molecular formula is C14H13N2O5S-. The predicted molar refractivity (Wildman–Crippen MR) is 81.0 cm³/mol. The minimum atomic E-state index is -3.96. The van der Waals surface area contributed by atoms with Gasteiger partial charge in [-0.3, -0.25) is 10.1 Å². The number of nitro groups is 1. The Morgan fingerprint density at radius 2 is 1.77 bits per heavy atom. The average molecular weight is 321 g/mol. The van der Waals surface area contributed by atoms with E-state index in [0.717, 1.165) is 6.07 Å². The zero-order valence-corrected chi connectivity index (χ0v) is 12.7. The Hall–Kier alpha value is -2.61. The molecule has 0 bridgehead atoms. The van der Waals surface area contributed by atoms with Gasteiger partial charge in [-0.25, -0.2) is 8.42 Å². The number of methoxy groups -OCH3 is 1. The SMILES string of the molecule is COc1ccc(S(=O)(=O)[N-]c2cc([N+](=O)[O-])ccc2C)cc1. The van der Waals surface area contributed by atoms with Crippen LogP contribution >= 0.6 is 0 Å². The highest BCUT2D eigenvalue weighted by Gasteiger charge is 2.09. The molecule has 0 heterocycles. The first-order chi connectivity index (χ1) is 10.3. The Morgan fingerprint density at radius 3 is 2.32 bits per heavy atom. The van der Waals surface area contributed by atoms with E-state index in [0.29, 0.717) is 11.3 Å². The first-order valence-corrected chi connectivity index (χ1v) is 7.64. The van der Waals surface area contributed by atoms with Gasteiger partial charge in [0, 0.05) is 12.1 Å². The van der Waals surface area contributed by atoms with E-state index >= 15 is 0 Å². The number of nitro benzene ring substituents is 1. The van der Waals surface area contributed by atoms with Gasteiger partial charge < -0.3 is 9.46 Å². The van der Waals surface area contributed by atoms with Crippen molar-refractivity contribution in [3.63, 3.8) is 0 Å². The van der Waals surface area contributed by atoms with E-state index < -0.39 is 14.9 Å². The lowest BCUT2D eigenvalue weighted by Crippen LogP contribution is -1.99. The largest absolute Gasteiger partial charge is 0.572 e. The summed E-state index contributed by atoms with van der Waals surface area (Å²) in [5.41, 5.74) is 0.363. The summed E-state index contributed by atoms with van der Waals surface area (Å²) in [5.74, 6) is 0.519. The third kappa shape index (κ3) is 3.34. The summed E-state index contributed by atoms with van der Waals surface area (Å²) >= 11 is 0. The van der Waals surface area contributed by atoms with Crippen LogP contribution in [0.3, 0.4) is 0 Å². The second-order valence-electron chi connectivity index (χ2n) is 4.47. The van der Waals surface area contributed by atoms with Gasteiger partial charge in [-0.05, 0) is 31.2 Å². The summed E-state index contributed by atoms with van der Waals surface area (Å²) in [5, 5.41) is 10.8. The van der Waals surface area contributed by atoms with Crippen LogP contribution in [0.15, 0.2) is 47.4 Å². The Bertz CT molecular complexity index is 800. The fourth-order valence-corrected chi connectivity index (χ4v) is 2.78. The van der Waals surface area contributed by atoms with E-state index in [1.54, 1.807) is 6.92 Å². The molecule has 0 aliphatic carbocycles. The summed E-state index contributed by atoms with van der Waals surface area (Å²) in [4.78, 5) is 10.2. The summed E-state index contributed by atoms with van der Waals surface area (Å²) < 4.78 is 33.2. The molecule has 0 amide bonds. The van der Waals surface area contributed by atoms with Gasteiger partial charge in [0.1, 0.15) is 15.8 Å². The minimum absolute atomic E-state index is 0.0146. The Labute approximate surface area is 127 Å². The summed E-state index contributed by atoms with van der Waals surface area (Å²) in [7, 11) is -2.48. The van der Waals surface area contributed by atoms with Crippen molar-refractivity contribution in [3.8, 4) is 5.75 Å². The molecule has 0 saturated carbocycles. The lowest BCUT2D eigenvalue weighted by atomic mass is 10.2. The maximum atomic E-state index is 12.3. The monoisotopic (exact) mass is 321 g/mol. The van der Waals surface area contributed by atoms with Crippen molar-refractivity contribution in [3.05, 3.63) is 62.9 Å². The molecule has 8 heteroatoms. The van der Waals surface area contributed by atoms with Crippen molar-refractivity contribution in [2.75, 3.05) is 7.11 Å². The molecule has 2 aromatic carbocycles. The van der Waals surface area contributed by atoms with E-state index in [-0.39, 0.29) is 16.3 Å². The number of nitrogens with zero attached hydrogens (tertiary/aromatic N) is 2. The fourth-order valence-electron chi connectivity index (χ4n) is 1.74. The summed E-state index contributed by atoms with van der Waals surface area (Å²) in [6.07, 6.45) is 0. The van der Waals surface area contributed by atoms with Gasteiger partial charge in [-0.15, -0.1) is 5.69 Å². The van der Waals surface area contributed by atoms with Crippen LogP contribution < -0.4 is 4.74 Å². The van der Waals surface area contributed by atoms with Crippen LogP contribution in [-0.4, -0.2) is 20.5 Å². The molecule has 0 spiro atoms. The van der Waals surface area contributed by atoms with Crippen LogP contribution in [0.5, 0.6) is 5.75 Å². The van der Waals surface area contributed by atoms with Crippen LogP contribution in [0.4, 0.5) is 11.4 Å². The van der Waals surface area contributed by atoms with Crippen molar-refractivity contribution >= 4 is 21.4 Å². The standard InChI is InChI=1S/C14H13N2O5S/c1-10-3-4-11(16(17)18)9-14(10)15-22(19,20)13-7-5-12(21-2)6-8-13/h3-9H,1-2H3/q-1. The van der Waals surface area contributed by atoms with Crippen molar-refractivity contribution in [2.45, 2.75) is 11.8 Å². The van der Waals surface area contributed by atoms with Gasteiger partial charge in [0.05, 0.1) is 16.9 Å². The first kappa shape index (κ1) is 15.8. The number of ether oxygens (including phenoxy) is 1. The number of hydrogen-bond acceptors (Lipinski definition) is 5. The van der Waals surface area contributed by atoms with Crippen molar-refractivity contribution in [1.29, 1.82) is 0 Å². The van der Waals surface area contributed by atoms with Crippen LogP contribution in [0, 0.1) is 17.0 Å². The zero-order chi connectivity index (χ0) is 16.3. The molecule has 0 aliphatic heterocycles. The highest BCUT2D eigenvalue weighted by Crippen LogP contribution is 2.33. The van der Waals surface area contributed by atoms with Crippen molar-refractivity contribution < 1.29 is 18.1 Å².